The van der Waals surface area contributed by atoms with Crippen molar-refractivity contribution in [2.75, 3.05) is 4.90 Å². The van der Waals surface area contributed by atoms with Gasteiger partial charge in [-0.25, -0.2) is 9.18 Å². The summed E-state index contributed by atoms with van der Waals surface area (Å²) in [5.74, 6) is -0.767. The molecule has 0 atom stereocenters. The second-order valence-electron chi connectivity index (χ2n) is 6.37. The first kappa shape index (κ1) is 20.8. The van der Waals surface area contributed by atoms with Gasteiger partial charge in [0.05, 0.1) is 23.2 Å². The molecule has 3 rings (SSSR count). The molecule has 0 radical (unpaired) electrons. The van der Waals surface area contributed by atoms with Crippen LogP contribution < -0.4 is 9.64 Å². The van der Waals surface area contributed by atoms with Crippen LogP contribution in [-0.4, -0.2) is 22.2 Å². The molecule has 0 fully saturated rings. The number of aliphatic carboxylic acids is 1. The molecular formula is C20H17BrFNO3S2. The Hall–Kier alpha value is -1.90. The van der Waals surface area contributed by atoms with Crippen LogP contribution in [0.2, 0.25) is 0 Å². The van der Waals surface area contributed by atoms with E-state index in [4.69, 9.17) is 17.0 Å². The highest BCUT2D eigenvalue weighted by atomic mass is 79.9. The van der Waals surface area contributed by atoms with E-state index in [0.717, 1.165) is 16.7 Å². The van der Waals surface area contributed by atoms with Crippen molar-refractivity contribution in [3.8, 4) is 5.75 Å². The number of benzene rings is 2. The third kappa shape index (κ3) is 4.74. The molecule has 1 N–H and O–H groups in total. The van der Waals surface area contributed by atoms with E-state index >= 15 is 0 Å². The number of fused-ring (bicyclic) bond motifs is 1. The minimum absolute atomic E-state index is 0.00899. The number of nitrogens with zero attached hydrogens (tertiary/aromatic N) is 1. The zero-order valence-electron chi connectivity index (χ0n) is 15.1. The van der Waals surface area contributed by atoms with Gasteiger partial charge in [-0.05, 0) is 44.2 Å². The smallest absolute Gasteiger partial charge is 0.329 e. The Labute approximate surface area is 180 Å². The van der Waals surface area contributed by atoms with Crippen LogP contribution in [0.3, 0.4) is 0 Å². The summed E-state index contributed by atoms with van der Waals surface area (Å²) in [5, 5.41) is 9.20. The first-order valence-corrected chi connectivity index (χ1v) is 10.5. The van der Waals surface area contributed by atoms with E-state index in [1.54, 1.807) is 17.0 Å². The maximum Gasteiger partial charge on any atom is 0.329 e. The molecule has 28 heavy (non-hydrogen) atoms. The Morgan fingerprint density at radius 1 is 1.36 bits per heavy atom. The third-order valence-corrected chi connectivity index (χ3v) is 6.01. The molecular weight excluding hydrogens is 465 g/mol. The Morgan fingerprint density at radius 3 is 2.75 bits per heavy atom. The molecule has 0 aliphatic carbocycles. The number of rotatable bonds is 5. The van der Waals surface area contributed by atoms with Gasteiger partial charge in [0.15, 0.2) is 0 Å². The lowest BCUT2D eigenvalue weighted by atomic mass is 10.1. The number of ether oxygens (including phenoxy) is 1. The van der Waals surface area contributed by atoms with Gasteiger partial charge < -0.3 is 14.7 Å². The number of thioether (sulfide) groups is 1. The molecule has 0 bridgehead atoms. The first-order chi connectivity index (χ1) is 13.2. The van der Waals surface area contributed by atoms with Gasteiger partial charge in [-0.2, -0.15) is 0 Å². The largest absolute Gasteiger partial charge is 0.491 e. The maximum absolute atomic E-state index is 14.4. The number of carbonyl (C=O) groups is 1. The monoisotopic (exact) mass is 481 g/mol. The minimum Gasteiger partial charge on any atom is -0.491 e. The van der Waals surface area contributed by atoms with Crippen molar-refractivity contribution >= 4 is 56.6 Å². The van der Waals surface area contributed by atoms with Crippen LogP contribution in [0.5, 0.6) is 5.75 Å². The van der Waals surface area contributed by atoms with E-state index < -0.39 is 5.97 Å². The van der Waals surface area contributed by atoms with E-state index in [0.29, 0.717) is 25.7 Å². The fraction of sp³-hybridized carbons (Fsp3) is 0.200. The summed E-state index contributed by atoms with van der Waals surface area (Å²) in [5.41, 5.74) is 1.25. The number of hydrogen-bond acceptors (Lipinski definition) is 4. The quantitative estimate of drug-likeness (QED) is 0.431. The van der Waals surface area contributed by atoms with Gasteiger partial charge in [0, 0.05) is 21.0 Å². The van der Waals surface area contributed by atoms with Crippen molar-refractivity contribution in [1.82, 2.24) is 0 Å². The number of hydrogen-bond donors (Lipinski definition) is 1. The Morgan fingerprint density at radius 2 is 2.11 bits per heavy atom. The van der Waals surface area contributed by atoms with Gasteiger partial charge in [0.2, 0.25) is 0 Å². The highest BCUT2D eigenvalue weighted by Gasteiger charge is 2.28. The van der Waals surface area contributed by atoms with Crippen LogP contribution in [0.25, 0.3) is 0 Å². The number of anilines is 1. The predicted octanol–water partition coefficient (Wildman–Crippen LogP) is 5.78. The lowest BCUT2D eigenvalue weighted by molar-refractivity contribution is -0.131. The molecule has 2 aromatic carbocycles. The van der Waals surface area contributed by atoms with E-state index in [9.17, 15) is 14.3 Å². The summed E-state index contributed by atoms with van der Waals surface area (Å²) < 4.78 is 20.8. The molecule has 4 nitrogen and oxygen atoms in total. The van der Waals surface area contributed by atoms with E-state index in [1.807, 2.05) is 32.0 Å². The van der Waals surface area contributed by atoms with Crippen LogP contribution >= 0.6 is 39.9 Å². The second kappa shape index (κ2) is 8.63. The molecule has 0 unspecified atom stereocenters. The summed E-state index contributed by atoms with van der Waals surface area (Å²) >= 11 is 10.0. The average molecular weight is 482 g/mol. The average Bonchev–Trinajstić information content (AvgIpc) is 2.59. The standard InChI is InChI=1S/C20H17BrFNO3S2/c1-11(2)26-14-5-6-16-17(8-14)28-18(9-19(24)25)20(27)23(16)10-12-3-4-13(21)7-15(12)22/h3-9,11H,10H2,1-2H3,(H,24,25). The molecule has 146 valence electrons. The Kier molecular flexibility index (Phi) is 6.42. The van der Waals surface area contributed by atoms with E-state index in [1.165, 1.54) is 17.8 Å². The Balaban J connectivity index is 2.04. The molecule has 8 heteroatoms. The van der Waals surface area contributed by atoms with E-state index in [-0.39, 0.29) is 18.5 Å². The molecule has 1 aliphatic heterocycles. The van der Waals surface area contributed by atoms with Crippen molar-refractivity contribution in [2.45, 2.75) is 31.4 Å². The van der Waals surface area contributed by atoms with Crippen LogP contribution in [0.15, 0.2) is 56.7 Å². The highest BCUT2D eigenvalue weighted by molar-refractivity contribution is 9.10. The van der Waals surface area contributed by atoms with Gasteiger partial charge in [-0.15, -0.1) is 0 Å². The molecule has 0 spiro atoms. The zero-order valence-corrected chi connectivity index (χ0v) is 18.3. The summed E-state index contributed by atoms with van der Waals surface area (Å²) in [4.78, 5) is 14.6. The van der Waals surface area contributed by atoms with Crippen molar-refractivity contribution in [1.29, 1.82) is 0 Å². The topological polar surface area (TPSA) is 49.8 Å². The van der Waals surface area contributed by atoms with E-state index in [2.05, 4.69) is 15.9 Å². The third-order valence-electron chi connectivity index (χ3n) is 3.87. The molecule has 0 amide bonds. The SMILES string of the molecule is CC(C)Oc1ccc2c(c1)SC(=CC(=O)O)C(=S)N2Cc1ccc(Br)cc1F. The number of halogens is 2. The highest BCUT2D eigenvalue weighted by Crippen LogP contribution is 2.44. The Bertz CT molecular complexity index is 978. The molecule has 1 heterocycles. The number of thiocarbonyl (C=S) groups is 1. The summed E-state index contributed by atoms with van der Waals surface area (Å²) in [7, 11) is 0. The maximum atomic E-state index is 14.4. The van der Waals surface area contributed by atoms with Crippen molar-refractivity contribution < 1.29 is 19.0 Å². The summed E-state index contributed by atoms with van der Waals surface area (Å²) in [6.45, 7) is 4.05. The van der Waals surface area contributed by atoms with Crippen molar-refractivity contribution in [3.05, 3.63) is 63.2 Å². The molecule has 1 aliphatic rings. The minimum atomic E-state index is -1.09. The van der Waals surface area contributed by atoms with Gasteiger partial charge in [-0.1, -0.05) is 46.0 Å². The van der Waals surface area contributed by atoms with Crippen LogP contribution in [0.1, 0.15) is 19.4 Å². The van der Waals surface area contributed by atoms with Crippen LogP contribution in [-0.2, 0) is 11.3 Å². The van der Waals surface area contributed by atoms with Crippen LogP contribution in [0, 0.1) is 5.82 Å². The number of carboxylic acid groups (broad SMARTS) is 1. The summed E-state index contributed by atoms with van der Waals surface area (Å²) in [6.07, 6.45) is 1.09. The fourth-order valence-electron chi connectivity index (χ4n) is 2.73. The van der Waals surface area contributed by atoms with Gasteiger partial charge in [-0.3, -0.25) is 0 Å². The second-order valence-corrected chi connectivity index (χ2v) is 8.76. The van der Waals surface area contributed by atoms with Crippen molar-refractivity contribution in [3.63, 3.8) is 0 Å². The van der Waals surface area contributed by atoms with Gasteiger partial charge in [0.25, 0.3) is 0 Å². The zero-order chi connectivity index (χ0) is 20.4. The van der Waals surface area contributed by atoms with Crippen LogP contribution in [0.4, 0.5) is 10.1 Å². The lowest BCUT2D eigenvalue weighted by Gasteiger charge is -2.33. The first-order valence-electron chi connectivity index (χ1n) is 8.43. The normalized spacial score (nSPS) is 15.1. The van der Waals surface area contributed by atoms with Gasteiger partial charge in [0.1, 0.15) is 16.6 Å². The molecule has 2 aromatic rings. The predicted molar refractivity (Wildman–Crippen MR) is 117 cm³/mol. The molecule has 0 saturated heterocycles. The number of carboxylic acids is 1. The van der Waals surface area contributed by atoms with Crippen molar-refractivity contribution in [2.24, 2.45) is 0 Å². The fourth-order valence-corrected chi connectivity index (χ4v) is 4.46. The molecule has 0 aromatic heterocycles. The lowest BCUT2D eigenvalue weighted by Crippen LogP contribution is -2.33. The molecule has 0 saturated carbocycles. The summed E-state index contributed by atoms with van der Waals surface area (Å²) in [6, 6.07) is 10.4. The van der Waals surface area contributed by atoms with Gasteiger partial charge >= 0.3 is 5.97 Å².